The molecule has 0 saturated carbocycles. The van der Waals surface area contributed by atoms with Crippen LogP contribution in [0.5, 0.6) is 0 Å². The summed E-state index contributed by atoms with van der Waals surface area (Å²) in [5.74, 6) is 0.405. The molecule has 0 atom stereocenters. The maximum atomic E-state index is 11.1. The lowest BCUT2D eigenvalue weighted by molar-refractivity contribution is -0.120. The summed E-state index contributed by atoms with van der Waals surface area (Å²) in [6, 6.07) is 9.63. The van der Waals surface area contributed by atoms with Gasteiger partial charge in [-0.05, 0) is 5.56 Å². The van der Waals surface area contributed by atoms with Gasteiger partial charge in [-0.3, -0.25) is 4.79 Å². The Morgan fingerprint density at radius 3 is 2.58 bits per heavy atom. The molecular formula is C9H11NOS. The number of carbonyl (C=O) groups is 1. The highest BCUT2D eigenvalue weighted by Crippen LogP contribution is 1.98. The van der Waals surface area contributed by atoms with Gasteiger partial charge in [0.05, 0.1) is 12.3 Å². The third-order valence-electron chi connectivity index (χ3n) is 1.48. The monoisotopic (exact) mass is 181 g/mol. The molecular weight excluding hydrogens is 170 g/mol. The molecule has 1 N–H and O–H groups in total. The van der Waals surface area contributed by atoms with Gasteiger partial charge in [0.15, 0.2) is 0 Å². The molecule has 1 aromatic carbocycles. The van der Waals surface area contributed by atoms with Gasteiger partial charge in [-0.15, -0.1) is 0 Å². The minimum absolute atomic E-state index is 0.0104. The predicted molar refractivity (Wildman–Crippen MR) is 52.1 cm³/mol. The summed E-state index contributed by atoms with van der Waals surface area (Å²) < 4.78 is 0. The van der Waals surface area contributed by atoms with E-state index in [4.69, 9.17) is 0 Å². The zero-order valence-electron chi connectivity index (χ0n) is 6.66. The van der Waals surface area contributed by atoms with E-state index >= 15 is 0 Å². The number of benzene rings is 1. The molecule has 0 aliphatic rings. The fraction of sp³-hybridized carbons (Fsp3) is 0.222. The van der Waals surface area contributed by atoms with Gasteiger partial charge in [0.1, 0.15) is 0 Å². The van der Waals surface area contributed by atoms with Crippen LogP contribution >= 0.6 is 12.6 Å². The molecule has 2 nitrogen and oxygen atoms in total. The first-order valence-electron chi connectivity index (χ1n) is 3.74. The van der Waals surface area contributed by atoms with Gasteiger partial charge in [-0.1, -0.05) is 30.3 Å². The summed E-state index contributed by atoms with van der Waals surface area (Å²) in [6.07, 6.45) is 0.432. The SMILES string of the molecule is O=C(Cc1ccccc1)NCS. The van der Waals surface area contributed by atoms with Crippen LogP contribution in [-0.2, 0) is 11.2 Å². The molecule has 0 saturated heterocycles. The van der Waals surface area contributed by atoms with E-state index in [0.717, 1.165) is 5.56 Å². The van der Waals surface area contributed by atoms with Crippen molar-refractivity contribution in [1.29, 1.82) is 0 Å². The van der Waals surface area contributed by atoms with Crippen molar-refractivity contribution >= 4 is 18.5 Å². The Hall–Kier alpha value is -0.960. The first-order chi connectivity index (χ1) is 5.83. The van der Waals surface area contributed by atoms with E-state index < -0.39 is 0 Å². The van der Waals surface area contributed by atoms with Gasteiger partial charge < -0.3 is 5.32 Å². The molecule has 0 radical (unpaired) electrons. The van der Waals surface area contributed by atoms with Crippen LogP contribution in [0.4, 0.5) is 0 Å². The zero-order chi connectivity index (χ0) is 8.81. The number of rotatable bonds is 3. The summed E-state index contributed by atoms with van der Waals surface area (Å²) >= 11 is 3.89. The van der Waals surface area contributed by atoms with Crippen LogP contribution in [0.15, 0.2) is 30.3 Å². The summed E-state index contributed by atoms with van der Waals surface area (Å²) in [4.78, 5) is 11.1. The van der Waals surface area contributed by atoms with Gasteiger partial charge in [0, 0.05) is 0 Å². The normalized spacial score (nSPS) is 9.42. The largest absolute Gasteiger partial charge is 0.347 e. The fourth-order valence-electron chi connectivity index (χ4n) is 0.932. The van der Waals surface area contributed by atoms with Crippen molar-refractivity contribution < 1.29 is 4.79 Å². The van der Waals surface area contributed by atoms with Crippen LogP contribution in [0.25, 0.3) is 0 Å². The number of hydrogen-bond donors (Lipinski definition) is 2. The van der Waals surface area contributed by atoms with Crippen molar-refractivity contribution in [3.05, 3.63) is 35.9 Å². The minimum atomic E-state index is 0.0104. The zero-order valence-corrected chi connectivity index (χ0v) is 7.55. The molecule has 1 amide bonds. The van der Waals surface area contributed by atoms with E-state index in [2.05, 4.69) is 17.9 Å². The topological polar surface area (TPSA) is 29.1 Å². The maximum Gasteiger partial charge on any atom is 0.225 e. The van der Waals surface area contributed by atoms with Gasteiger partial charge >= 0.3 is 0 Å². The molecule has 64 valence electrons. The lowest BCUT2D eigenvalue weighted by Crippen LogP contribution is -2.23. The standard InChI is InChI=1S/C9H11NOS/c11-9(10-7-12)6-8-4-2-1-3-5-8/h1-5,12H,6-7H2,(H,10,11). The lowest BCUT2D eigenvalue weighted by atomic mass is 10.1. The van der Waals surface area contributed by atoms with Crippen LogP contribution in [0, 0.1) is 0 Å². The van der Waals surface area contributed by atoms with Gasteiger partial charge in [0.25, 0.3) is 0 Å². The molecule has 1 rings (SSSR count). The number of nitrogens with one attached hydrogen (secondary N) is 1. The van der Waals surface area contributed by atoms with Crippen LogP contribution in [-0.4, -0.2) is 11.8 Å². The third-order valence-corrected chi connectivity index (χ3v) is 1.64. The van der Waals surface area contributed by atoms with Crippen LogP contribution in [0.1, 0.15) is 5.56 Å². The van der Waals surface area contributed by atoms with E-state index in [-0.39, 0.29) is 5.91 Å². The van der Waals surface area contributed by atoms with Crippen molar-refractivity contribution in [2.45, 2.75) is 6.42 Å². The Kier molecular flexibility index (Phi) is 3.67. The molecule has 3 heteroatoms. The summed E-state index contributed by atoms with van der Waals surface area (Å²) in [5.41, 5.74) is 1.02. The van der Waals surface area contributed by atoms with Crippen molar-refractivity contribution in [2.24, 2.45) is 0 Å². The molecule has 0 unspecified atom stereocenters. The Morgan fingerprint density at radius 1 is 1.33 bits per heavy atom. The molecule has 0 aliphatic heterocycles. The maximum absolute atomic E-state index is 11.1. The molecule has 12 heavy (non-hydrogen) atoms. The molecule has 0 spiro atoms. The second-order valence-corrected chi connectivity index (χ2v) is 2.74. The van der Waals surface area contributed by atoms with Crippen LogP contribution in [0.3, 0.4) is 0 Å². The smallest absolute Gasteiger partial charge is 0.225 e. The number of carbonyl (C=O) groups excluding carboxylic acids is 1. The first-order valence-corrected chi connectivity index (χ1v) is 4.37. The predicted octanol–water partition coefficient (Wildman–Crippen LogP) is 1.23. The first kappa shape index (κ1) is 9.13. The number of hydrogen-bond acceptors (Lipinski definition) is 2. The summed E-state index contributed by atoms with van der Waals surface area (Å²) in [7, 11) is 0. The molecule has 0 aromatic heterocycles. The second-order valence-electron chi connectivity index (χ2n) is 2.42. The molecule has 1 aromatic rings. The van der Waals surface area contributed by atoms with E-state index in [9.17, 15) is 4.79 Å². The van der Waals surface area contributed by atoms with Gasteiger partial charge in [-0.25, -0.2) is 0 Å². The van der Waals surface area contributed by atoms with Crippen molar-refractivity contribution in [1.82, 2.24) is 5.32 Å². The fourth-order valence-corrected chi connectivity index (χ4v) is 1.11. The lowest BCUT2D eigenvalue weighted by Gasteiger charge is -2.00. The molecule has 0 fully saturated rings. The van der Waals surface area contributed by atoms with Crippen molar-refractivity contribution in [3.63, 3.8) is 0 Å². The van der Waals surface area contributed by atoms with E-state index in [1.54, 1.807) is 0 Å². The Labute approximate surface area is 77.4 Å². The highest BCUT2D eigenvalue weighted by Gasteiger charge is 1.99. The highest BCUT2D eigenvalue weighted by molar-refractivity contribution is 7.80. The molecule has 0 heterocycles. The van der Waals surface area contributed by atoms with Crippen molar-refractivity contribution in [2.75, 3.05) is 5.88 Å². The third kappa shape index (κ3) is 2.96. The second kappa shape index (κ2) is 4.83. The average molecular weight is 181 g/mol. The van der Waals surface area contributed by atoms with Crippen LogP contribution < -0.4 is 5.32 Å². The summed E-state index contributed by atoms with van der Waals surface area (Å²) in [6.45, 7) is 0. The number of amides is 1. The highest BCUT2D eigenvalue weighted by atomic mass is 32.1. The average Bonchev–Trinajstić information content (AvgIpc) is 2.06. The number of thiol groups is 1. The Morgan fingerprint density at radius 2 is 2.00 bits per heavy atom. The van der Waals surface area contributed by atoms with E-state index in [1.807, 2.05) is 30.3 Å². The van der Waals surface area contributed by atoms with E-state index in [1.165, 1.54) is 0 Å². The van der Waals surface area contributed by atoms with Gasteiger partial charge in [0.2, 0.25) is 5.91 Å². The molecule has 0 bridgehead atoms. The Balaban J connectivity index is 2.47. The van der Waals surface area contributed by atoms with Crippen LogP contribution in [0.2, 0.25) is 0 Å². The molecule has 0 aliphatic carbocycles. The van der Waals surface area contributed by atoms with Gasteiger partial charge in [-0.2, -0.15) is 12.6 Å². The summed E-state index contributed by atoms with van der Waals surface area (Å²) in [5, 5.41) is 2.62. The van der Waals surface area contributed by atoms with Crippen molar-refractivity contribution in [3.8, 4) is 0 Å². The Bertz CT molecular complexity index is 248. The van der Waals surface area contributed by atoms with E-state index in [0.29, 0.717) is 12.3 Å². The quantitative estimate of drug-likeness (QED) is 0.533. The minimum Gasteiger partial charge on any atom is -0.347 e.